The van der Waals surface area contributed by atoms with E-state index in [4.69, 9.17) is 0 Å². The van der Waals surface area contributed by atoms with Gasteiger partial charge in [-0.1, -0.05) is 17.8 Å². The summed E-state index contributed by atoms with van der Waals surface area (Å²) in [4.78, 5) is 30.0. The van der Waals surface area contributed by atoms with Gasteiger partial charge in [0, 0.05) is 13.6 Å². The highest BCUT2D eigenvalue weighted by atomic mass is 32.2. The molecule has 3 rings (SSSR count). The molecule has 1 N–H and O–H groups in total. The number of aromatic nitrogens is 4. The minimum absolute atomic E-state index is 0.107. The highest BCUT2D eigenvalue weighted by molar-refractivity contribution is 8.00. The Kier molecular flexibility index (Phi) is 5.52. The van der Waals surface area contributed by atoms with Gasteiger partial charge in [-0.3, -0.25) is 18.8 Å². The lowest BCUT2D eigenvalue weighted by Gasteiger charge is -2.15. The molecule has 0 aliphatic heterocycles. The van der Waals surface area contributed by atoms with Crippen LogP contribution in [-0.4, -0.2) is 30.5 Å². The molecule has 3 aromatic heterocycles. The standard InChI is InChI=1S/C18H21N5O2S2/c1-6-8-23-17(25)15-13(7-9-26-15)19-18(23)27-12(4)16(24)20-14-10(2)21-22(5)11(14)3/h6-7,9,12H,1,8H2,2-5H3,(H,20,24). The van der Waals surface area contributed by atoms with Crippen LogP contribution in [-0.2, 0) is 18.4 Å². The first-order valence-electron chi connectivity index (χ1n) is 8.40. The molecule has 0 bridgehead atoms. The Bertz CT molecular complexity index is 1080. The zero-order valence-corrected chi connectivity index (χ0v) is 17.3. The maximum absolute atomic E-state index is 12.7. The van der Waals surface area contributed by atoms with Crippen LogP contribution >= 0.6 is 23.1 Å². The molecule has 0 saturated carbocycles. The molecule has 0 radical (unpaired) electrons. The molecule has 0 aromatic carbocycles. The summed E-state index contributed by atoms with van der Waals surface area (Å²) in [5, 5.41) is 9.16. The van der Waals surface area contributed by atoms with E-state index < -0.39 is 5.25 Å². The van der Waals surface area contributed by atoms with Crippen molar-refractivity contribution < 1.29 is 4.79 Å². The third kappa shape index (κ3) is 3.70. The van der Waals surface area contributed by atoms with E-state index in [0.29, 0.717) is 21.9 Å². The summed E-state index contributed by atoms with van der Waals surface area (Å²) in [5.74, 6) is -0.163. The average Bonchev–Trinajstić information content (AvgIpc) is 3.18. The van der Waals surface area contributed by atoms with Crippen molar-refractivity contribution in [2.75, 3.05) is 5.32 Å². The number of aryl methyl sites for hydroxylation is 2. The van der Waals surface area contributed by atoms with Crippen LogP contribution in [0.1, 0.15) is 18.3 Å². The monoisotopic (exact) mass is 403 g/mol. The molecule has 1 atom stereocenters. The fourth-order valence-electron chi connectivity index (χ4n) is 2.69. The van der Waals surface area contributed by atoms with Gasteiger partial charge in [0.2, 0.25) is 5.91 Å². The summed E-state index contributed by atoms with van der Waals surface area (Å²) in [6, 6.07) is 1.82. The van der Waals surface area contributed by atoms with Gasteiger partial charge in [0.1, 0.15) is 4.70 Å². The normalized spacial score (nSPS) is 12.3. The first-order valence-corrected chi connectivity index (χ1v) is 10.2. The number of rotatable bonds is 6. The van der Waals surface area contributed by atoms with Gasteiger partial charge in [0.25, 0.3) is 5.56 Å². The number of fused-ring (bicyclic) bond motifs is 1. The molecule has 27 heavy (non-hydrogen) atoms. The Balaban J connectivity index is 1.87. The third-order valence-electron chi connectivity index (χ3n) is 4.25. The largest absolute Gasteiger partial charge is 0.322 e. The molecule has 3 heterocycles. The van der Waals surface area contributed by atoms with Gasteiger partial charge in [0.05, 0.1) is 27.8 Å². The minimum atomic E-state index is -0.442. The molecule has 142 valence electrons. The van der Waals surface area contributed by atoms with Crippen LogP contribution in [0.25, 0.3) is 10.2 Å². The van der Waals surface area contributed by atoms with Crippen LogP contribution in [0.4, 0.5) is 5.69 Å². The van der Waals surface area contributed by atoms with E-state index in [9.17, 15) is 9.59 Å². The van der Waals surface area contributed by atoms with Crippen LogP contribution in [0, 0.1) is 13.8 Å². The van der Waals surface area contributed by atoms with E-state index in [1.165, 1.54) is 23.1 Å². The van der Waals surface area contributed by atoms with Crippen LogP contribution in [0.15, 0.2) is 34.1 Å². The quantitative estimate of drug-likeness (QED) is 0.388. The summed E-state index contributed by atoms with van der Waals surface area (Å²) >= 11 is 2.63. The lowest BCUT2D eigenvalue weighted by atomic mass is 10.3. The molecule has 0 aliphatic rings. The van der Waals surface area contributed by atoms with Gasteiger partial charge in [-0.05, 0) is 32.2 Å². The van der Waals surface area contributed by atoms with Crippen molar-refractivity contribution in [2.24, 2.45) is 7.05 Å². The number of nitrogens with one attached hydrogen (secondary N) is 1. The molecule has 0 spiro atoms. The number of thiophene rings is 1. The Morgan fingerprint density at radius 1 is 1.48 bits per heavy atom. The number of nitrogens with zero attached hydrogens (tertiary/aromatic N) is 4. The smallest absolute Gasteiger partial charge is 0.272 e. The number of carbonyl (C=O) groups excluding carboxylic acids is 1. The number of anilines is 1. The zero-order valence-electron chi connectivity index (χ0n) is 15.6. The lowest BCUT2D eigenvalue weighted by molar-refractivity contribution is -0.115. The number of allylic oxidation sites excluding steroid dienone is 1. The van der Waals surface area contributed by atoms with E-state index in [-0.39, 0.29) is 11.5 Å². The Morgan fingerprint density at radius 2 is 2.22 bits per heavy atom. The van der Waals surface area contributed by atoms with Gasteiger partial charge >= 0.3 is 0 Å². The summed E-state index contributed by atoms with van der Waals surface area (Å²) in [6.45, 7) is 9.61. The molecule has 7 nitrogen and oxygen atoms in total. The maximum atomic E-state index is 12.7. The average molecular weight is 404 g/mol. The number of amides is 1. The molecule has 1 unspecified atom stereocenters. The summed E-state index contributed by atoms with van der Waals surface area (Å²) in [5.41, 5.74) is 2.92. The maximum Gasteiger partial charge on any atom is 0.272 e. The zero-order chi connectivity index (χ0) is 19.7. The van der Waals surface area contributed by atoms with Crippen molar-refractivity contribution >= 4 is 44.9 Å². The number of thioether (sulfide) groups is 1. The topological polar surface area (TPSA) is 81.8 Å². The van der Waals surface area contributed by atoms with Crippen LogP contribution < -0.4 is 10.9 Å². The van der Waals surface area contributed by atoms with Crippen molar-refractivity contribution in [3.05, 3.63) is 45.8 Å². The van der Waals surface area contributed by atoms with Crippen LogP contribution in [0.5, 0.6) is 0 Å². The summed E-state index contributed by atoms with van der Waals surface area (Å²) in [6.07, 6.45) is 1.65. The highest BCUT2D eigenvalue weighted by Crippen LogP contribution is 2.26. The van der Waals surface area contributed by atoms with E-state index in [0.717, 1.165) is 17.1 Å². The molecule has 0 fully saturated rings. The summed E-state index contributed by atoms with van der Waals surface area (Å²) < 4.78 is 3.90. The first-order chi connectivity index (χ1) is 12.8. The van der Waals surface area contributed by atoms with Gasteiger partial charge in [-0.2, -0.15) is 5.10 Å². The van der Waals surface area contributed by atoms with Crippen molar-refractivity contribution in [3.8, 4) is 0 Å². The molecule has 3 aromatic rings. The first kappa shape index (κ1) is 19.4. The molecule has 1 amide bonds. The van der Waals surface area contributed by atoms with Crippen LogP contribution in [0.3, 0.4) is 0 Å². The number of hydrogen-bond acceptors (Lipinski definition) is 6. The molecule has 0 aliphatic carbocycles. The van der Waals surface area contributed by atoms with E-state index >= 15 is 0 Å². The minimum Gasteiger partial charge on any atom is -0.322 e. The Hall–Kier alpha value is -2.39. The predicted molar refractivity (Wildman–Crippen MR) is 111 cm³/mol. The Morgan fingerprint density at radius 3 is 2.85 bits per heavy atom. The Labute approximate surface area is 165 Å². The van der Waals surface area contributed by atoms with Gasteiger partial charge in [-0.25, -0.2) is 4.98 Å². The second-order valence-electron chi connectivity index (χ2n) is 6.15. The molecular formula is C18H21N5O2S2. The van der Waals surface area contributed by atoms with Crippen molar-refractivity contribution in [1.29, 1.82) is 0 Å². The van der Waals surface area contributed by atoms with Crippen molar-refractivity contribution in [1.82, 2.24) is 19.3 Å². The van der Waals surface area contributed by atoms with Crippen molar-refractivity contribution in [3.63, 3.8) is 0 Å². The lowest BCUT2D eigenvalue weighted by Crippen LogP contribution is -2.26. The third-order valence-corrected chi connectivity index (χ3v) is 6.23. The number of carbonyl (C=O) groups is 1. The van der Waals surface area contributed by atoms with E-state index in [1.807, 2.05) is 32.3 Å². The molecule has 0 saturated heterocycles. The molecular weight excluding hydrogens is 382 g/mol. The fourth-order valence-corrected chi connectivity index (χ4v) is 4.39. The second-order valence-corrected chi connectivity index (χ2v) is 8.38. The van der Waals surface area contributed by atoms with Gasteiger partial charge in [0.15, 0.2) is 5.16 Å². The fraction of sp³-hybridized carbons (Fsp3) is 0.333. The highest BCUT2D eigenvalue weighted by Gasteiger charge is 2.21. The SMILES string of the molecule is C=CCn1c(SC(C)C(=O)Nc2c(C)nn(C)c2C)nc2ccsc2c1=O. The van der Waals surface area contributed by atoms with Gasteiger partial charge in [-0.15, -0.1) is 17.9 Å². The van der Waals surface area contributed by atoms with E-state index in [2.05, 4.69) is 22.0 Å². The van der Waals surface area contributed by atoms with Crippen molar-refractivity contribution in [2.45, 2.75) is 37.7 Å². The molecule has 9 heteroatoms. The second kappa shape index (κ2) is 7.69. The van der Waals surface area contributed by atoms with Gasteiger partial charge < -0.3 is 5.32 Å². The van der Waals surface area contributed by atoms with E-state index in [1.54, 1.807) is 22.2 Å². The summed E-state index contributed by atoms with van der Waals surface area (Å²) in [7, 11) is 1.84. The van der Waals surface area contributed by atoms with Crippen LogP contribution in [0.2, 0.25) is 0 Å². The number of hydrogen-bond donors (Lipinski definition) is 1. The predicted octanol–water partition coefficient (Wildman–Crippen LogP) is 3.11.